The molecule has 4 rings (SSSR count). The fraction of sp³-hybridized carbons (Fsp3) is 0.100. The minimum atomic E-state index is -0.172. The zero-order valence-electron chi connectivity index (χ0n) is 13.8. The van der Waals surface area contributed by atoms with E-state index < -0.39 is 0 Å². The molecule has 0 saturated heterocycles. The van der Waals surface area contributed by atoms with Crippen LogP contribution in [0.5, 0.6) is 0 Å². The first kappa shape index (κ1) is 15.2. The van der Waals surface area contributed by atoms with Crippen LogP contribution in [-0.2, 0) is 6.54 Å². The zero-order valence-corrected chi connectivity index (χ0v) is 13.8. The molecular weight excluding hydrogens is 312 g/mol. The van der Waals surface area contributed by atoms with Crippen LogP contribution in [0.25, 0.3) is 22.2 Å². The summed E-state index contributed by atoms with van der Waals surface area (Å²) in [5.74, 6) is 0.580. The number of hydrogen-bond acceptors (Lipinski definition) is 4. The van der Waals surface area contributed by atoms with Crippen molar-refractivity contribution < 1.29 is 0 Å². The summed E-state index contributed by atoms with van der Waals surface area (Å²) < 4.78 is 1.41. The number of benzene rings is 2. The maximum atomic E-state index is 12.2. The first-order chi connectivity index (χ1) is 12.2. The second-order valence-electron chi connectivity index (χ2n) is 5.82. The van der Waals surface area contributed by atoms with Gasteiger partial charge in [0, 0.05) is 22.7 Å². The van der Waals surface area contributed by atoms with Crippen molar-refractivity contribution in [2.75, 3.05) is 0 Å². The molecule has 0 aliphatic heterocycles. The van der Waals surface area contributed by atoms with Crippen LogP contribution in [0, 0.1) is 6.92 Å². The first-order valence-electron chi connectivity index (χ1n) is 8.06. The van der Waals surface area contributed by atoms with E-state index in [-0.39, 0.29) is 12.1 Å². The summed E-state index contributed by atoms with van der Waals surface area (Å²) in [6.45, 7) is 2.19. The van der Waals surface area contributed by atoms with Crippen LogP contribution in [0.1, 0.15) is 11.5 Å². The Labute approximate surface area is 144 Å². The third-order valence-corrected chi connectivity index (χ3v) is 4.07. The lowest BCUT2D eigenvalue weighted by Gasteiger charge is -2.08. The fourth-order valence-electron chi connectivity index (χ4n) is 2.82. The Morgan fingerprint density at radius 3 is 2.48 bits per heavy atom. The van der Waals surface area contributed by atoms with Crippen LogP contribution in [-0.4, -0.2) is 19.7 Å². The molecule has 0 radical (unpaired) electrons. The zero-order chi connectivity index (χ0) is 17.2. The van der Waals surface area contributed by atoms with Crippen molar-refractivity contribution in [1.29, 1.82) is 0 Å². The van der Waals surface area contributed by atoms with E-state index in [4.69, 9.17) is 0 Å². The van der Waals surface area contributed by atoms with E-state index in [1.807, 2.05) is 61.5 Å². The van der Waals surface area contributed by atoms with Gasteiger partial charge in [-0.25, -0.2) is 14.6 Å². The lowest BCUT2D eigenvalue weighted by Crippen LogP contribution is -2.24. The van der Waals surface area contributed by atoms with Crippen LogP contribution in [0.2, 0.25) is 0 Å². The summed E-state index contributed by atoms with van der Waals surface area (Å²) in [5.41, 5.74) is 3.31. The third-order valence-electron chi connectivity index (χ3n) is 4.07. The smallest absolute Gasteiger partial charge is 0.267 e. The molecule has 25 heavy (non-hydrogen) atoms. The normalized spacial score (nSPS) is 10.9. The van der Waals surface area contributed by atoms with Gasteiger partial charge in [0.25, 0.3) is 5.56 Å². The van der Waals surface area contributed by atoms with Gasteiger partial charge < -0.3 is 0 Å². The van der Waals surface area contributed by atoms with Crippen molar-refractivity contribution in [3.8, 4) is 11.3 Å². The Morgan fingerprint density at radius 1 is 0.880 bits per heavy atom. The molecule has 0 amide bonds. The second-order valence-corrected chi connectivity index (χ2v) is 5.82. The molecule has 122 valence electrons. The van der Waals surface area contributed by atoms with Gasteiger partial charge in [-0.1, -0.05) is 48.5 Å². The molecule has 2 heterocycles. The van der Waals surface area contributed by atoms with Crippen LogP contribution in [0.15, 0.2) is 71.5 Å². The molecule has 0 bridgehead atoms. The molecule has 0 fully saturated rings. The number of aryl methyl sites for hydroxylation is 1. The Morgan fingerprint density at radius 2 is 1.64 bits per heavy atom. The summed E-state index contributed by atoms with van der Waals surface area (Å²) >= 11 is 0. The molecule has 0 aliphatic carbocycles. The van der Waals surface area contributed by atoms with E-state index in [1.165, 1.54) is 10.7 Å². The number of fused-ring (bicyclic) bond motifs is 1. The summed E-state index contributed by atoms with van der Waals surface area (Å²) in [4.78, 5) is 21.3. The lowest BCUT2D eigenvalue weighted by atomic mass is 10.1. The summed E-state index contributed by atoms with van der Waals surface area (Å²) in [6, 6.07) is 20.9. The predicted octanol–water partition coefficient (Wildman–Crippen LogP) is 3.21. The molecule has 0 spiro atoms. The van der Waals surface area contributed by atoms with E-state index in [1.54, 1.807) is 6.07 Å². The van der Waals surface area contributed by atoms with Crippen molar-refractivity contribution >= 4 is 10.9 Å². The molecule has 0 N–H and O–H groups in total. The highest BCUT2D eigenvalue weighted by Gasteiger charge is 2.08. The molecule has 5 heteroatoms. The second kappa shape index (κ2) is 6.28. The molecule has 0 saturated carbocycles. The van der Waals surface area contributed by atoms with Gasteiger partial charge in [-0.2, -0.15) is 5.10 Å². The van der Waals surface area contributed by atoms with E-state index in [2.05, 4.69) is 15.1 Å². The number of hydrogen-bond donors (Lipinski definition) is 0. The van der Waals surface area contributed by atoms with Gasteiger partial charge in [-0.3, -0.25) is 4.79 Å². The van der Waals surface area contributed by atoms with Crippen molar-refractivity contribution in [1.82, 2.24) is 19.7 Å². The van der Waals surface area contributed by atoms with Gasteiger partial charge in [0.1, 0.15) is 6.54 Å². The van der Waals surface area contributed by atoms with Crippen molar-refractivity contribution in [3.05, 3.63) is 88.6 Å². The molecule has 2 aromatic heterocycles. The van der Waals surface area contributed by atoms with Crippen molar-refractivity contribution in [2.45, 2.75) is 13.5 Å². The molecular formula is C20H16N4O. The highest BCUT2D eigenvalue weighted by atomic mass is 16.1. The number of aromatic nitrogens is 4. The molecule has 0 aliphatic rings. The van der Waals surface area contributed by atoms with E-state index in [9.17, 15) is 4.79 Å². The van der Waals surface area contributed by atoms with Crippen LogP contribution in [0.4, 0.5) is 0 Å². The number of nitrogens with zero attached hydrogens (tertiary/aromatic N) is 4. The predicted molar refractivity (Wildman–Crippen MR) is 97.3 cm³/mol. The molecule has 0 atom stereocenters. The highest BCUT2D eigenvalue weighted by Crippen LogP contribution is 2.16. The molecule has 4 aromatic rings. The average Bonchev–Trinajstić information content (AvgIpc) is 2.64. The number of rotatable bonds is 3. The maximum absolute atomic E-state index is 12.2. The van der Waals surface area contributed by atoms with Gasteiger partial charge in [-0.05, 0) is 19.1 Å². The van der Waals surface area contributed by atoms with Gasteiger partial charge in [0.2, 0.25) is 0 Å². The first-order valence-corrected chi connectivity index (χ1v) is 8.06. The minimum absolute atomic E-state index is 0.172. The van der Waals surface area contributed by atoms with Gasteiger partial charge in [-0.15, -0.1) is 0 Å². The van der Waals surface area contributed by atoms with Crippen LogP contribution >= 0.6 is 0 Å². The number of para-hydroxylation sites is 1. The topological polar surface area (TPSA) is 60.7 Å². The van der Waals surface area contributed by atoms with Gasteiger partial charge in [0.15, 0.2) is 5.82 Å². The summed E-state index contributed by atoms with van der Waals surface area (Å²) in [5, 5.41) is 5.49. The molecule has 5 nitrogen and oxygen atoms in total. The van der Waals surface area contributed by atoms with Crippen LogP contribution in [0.3, 0.4) is 0 Å². The lowest BCUT2D eigenvalue weighted by molar-refractivity contribution is 0.618. The van der Waals surface area contributed by atoms with Crippen molar-refractivity contribution in [2.24, 2.45) is 0 Å². The summed E-state index contributed by atoms with van der Waals surface area (Å²) in [6.07, 6.45) is 0. The van der Waals surface area contributed by atoms with Gasteiger partial charge in [0.05, 0.1) is 11.2 Å². The Kier molecular flexibility index (Phi) is 3.82. The average molecular weight is 328 g/mol. The third kappa shape index (κ3) is 3.04. The minimum Gasteiger partial charge on any atom is -0.268 e. The van der Waals surface area contributed by atoms with Crippen molar-refractivity contribution in [3.63, 3.8) is 0 Å². The fourth-order valence-corrected chi connectivity index (χ4v) is 2.82. The molecule has 0 unspecified atom stereocenters. The SMILES string of the molecule is Cc1nc(Cn2nc(-c3ccccc3)ccc2=O)nc2ccccc12. The van der Waals surface area contributed by atoms with Crippen LogP contribution < -0.4 is 5.56 Å². The quantitative estimate of drug-likeness (QED) is 0.579. The monoisotopic (exact) mass is 328 g/mol. The maximum Gasteiger partial charge on any atom is 0.267 e. The van der Waals surface area contributed by atoms with E-state index in [0.29, 0.717) is 5.82 Å². The van der Waals surface area contributed by atoms with Gasteiger partial charge >= 0.3 is 0 Å². The highest BCUT2D eigenvalue weighted by molar-refractivity contribution is 5.80. The molecule has 2 aromatic carbocycles. The standard InChI is InChI=1S/C20H16N4O/c1-14-16-9-5-6-10-18(16)22-19(21-14)13-24-20(25)12-11-17(23-24)15-7-3-2-4-8-15/h2-12H,13H2,1H3. The Bertz CT molecular complexity index is 1100. The van der Waals surface area contributed by atoms with E-state index in [0.717, 1.165) is 27.9 Å². The largest absolute Gasteiger partial charge is 0.268 e. The Balaban J connectivity index is 1.75. The summed E-state index contributed by atoms with van der Waals surface area (Å²) in [7, 11) is 0. The Hall–Kier alpha value is -3.34. The van der Waals surface area contributed by atoms with E-state index >= 15 is 0 Å².